The number of carbonyl (C=O) groups is 2. The van der Waals surface area contributed by atoms with E-state index in [-0.39, 0.29) is 11.3 Å². The van der Waals surface area contributed by atoms with Gasteiger partial charge in [-0.15, -0.1) is 11.3 Å². The summed E-state index contributed by atoms with van der Waals surface area (Å²) in [6.07, 6.45) is 0.602. The average Bonchev–Trinajstić information content (AvgIpc) is 3.30. The fraction of sp³-hybridized carbons (Fsp3) is 0.333. The first-order valence-electron chi connectivity index (χ1n) is 9.12. The maximum absolute atomic E-state index is 12.8. The van der Waals surface area contributed by atoms with E-state index in [9.17, 15) is 14.7 Å². The van der Waals surface area contributed by atoms with Crippen LogP contribution in [0.3, 0.4) is 0 Å². The number of amides is 1. The molecule has 0 radical (unpaired) electrons. The lowest BCUT2D eigenvalue weighted by Gasteiger charge is -2.24. The summed E-state index contributed by atoms with van der Waals surface area (Å²) in [6, 6.07) is 10.0. The standard InChI is InChI=1S/C21H23NO5S/c1-3-27-15-8-4-7-14(13-15)19(23)17-18(16-9-5-12-28-16)22(10-6-11-26-2)21(25)20(17)24/h4-5,7-9,12-13,18,23H,3,6,10-11H2,1-2H3. The van der Waals surface area contributed by atoms with Crippen LogP contribution in [-0.4, -0.2) is 48.6 Å². The van der Waals surface area contributed by atoms with Gasteiger partial charge in [-0.2, -0.15) is 0 Å². The van der Waals surface area contributed by atoms with Gasteiger partial charge in [0.05, 0.1) is 18.2 Å². The zero-order valence-electron chi connectivity index (χ0n) is 15.9. The molecule has 1 saturated heterocycles. The van der Waals surface area contributed by atoms with Crippen LogP contribution in [0.25, 0.3) is 5.76 Å². The Balaban J connectivity index is 2.05. The molecule has 6 nitrogen and oxygen atoms in total. The summed E-state index contributed by atoms with van der Waals surface area (Å²) in [4.78, 5) is 27.9. The second-order valence-corrected chi connectivity index (χ2v) is 7.29. The summed E-state index contributed by atoms with van der Waals surface area (Å²) in [7, 11) is 1.59. The number of carbonyl (C=O) groups excluding carboxylic acids is 2. The number of Topliss-reactive ketones (excluding diaryl/α,β-unsaturated/α-hetero) is 1. The van der Waals surface area contributed by atoms with Gasteiger partial charge in [0.15, 0.2) is 0 Å². The highest BCUT2D eigenvalue weighted by Gasteiger charge is 2.46. The minimum atomic E-state index is -0.671. The first-order chi connectivity index (χ1) is 13.6. The van der Waals surface area contributed by atoms with Crippen molar-refractivity contribution in [3.8, 4) is 5.75 Å². The summed E-state index contributed by atoms with van der Waals surface area (Å²) < 4.78 is 10.6. The smallest absolute Gasteiger partial charge is 0.295 e. The van der Waals surface area contributed by atoms with E-state index in [1.807, 2.05) is 24.4 Å². The summed E-state index contributed by atoms with van der Waals surface area (Å²) in [5.41, 5.74) is 0.556. The molecule has 1 aromatic heterocycles. The third-order valence-corrected chi connectivity index (χ3v) is 5.44. The SMILES string of the molecule is CCOc1cccc(C(O)=C2C(=O)C(=O)N(CCCOC)C2c2cccs2)c1. The third kappa shape index (κ3) is 3.95. The van der Waals surface area contributed by atoms with Gasteiger partial charge in [-0.3, -0.25) is 9.59 Å². The van der Waals surface area contributed by atoms with Crippen molar-refractivity contribution >= 4 is 28.8 Å². The lowest BCUT2D eigenvalue weighted by atomic mass is 9.99. The van der Waals surface area contributed by atoms with Crippen molar-refractivity contribution in [2.24, 2.45) is 0 Å². The van der Waals surface area contributed by atoms with Gasteiger partial charge in [0.2, 0.25) is 0 Å². The van der Waals surface area contributed by atoms with E-state index in [0.717, 1.165) is 4.88 Å². The molecular formula is C21H23NO5S. The molecule has 1 aliphatic rings. The quantitative estimate of drug-likeness (QED) is 0.317. The van der Waals surface area contributed by atoms with Crippen LogP contribution in [0.1, 0.15) is 29.8 Å². The molecule has 3 rings (SSSR count). The Morgan fingerprint density at radius 3 is 2.75 bits per heavy atom. The van der Waals surface area contributed by atoms with E-state index < -0.39 is 17.7 Å². The van der Waals surface area contributed by atoms with Crippen LogP contribution in [0.2, 0.25) is 0 Å². The van der Waals surface area contributed by atoms with Gasteiger partial charge in [0.1, 0.15) is 11.5 Å². The minimum absolute atomic E-state index is 0.110. The number of methoxy groups -OCH3 is 1. The second kappa shape index (κ2) is 9.03. The van der Waals surface area contributed by atoms with Gasteiger partial charge in [-0.1, -0.05) is 18.2 Å². The monoisotopic (exact) mass is 401 g/mol. The zero-order chi connectivity index (χ0) is 20.1. The number of aliphatic hydroxyl groups excluding tert-OH is 1. The van der Waals surface area contributed by atoms with Crippen LogP contribution in [0.15, 0.2) is 47.4 Å². The van der Waals surface area contributed by atoms with E-state index in [2.05, 4.69) is 0 Å². The molecule has 1 aromatic carbocycles. The largest absolute Gasteiger partial charge is 0.507 e. The van der Waals surface area contributed by atoms with E-state index in [1.165, 1.54) is 16.2 Å². The van der Waals surface area contributed by atoms with Crippen molar-refractivity contribution in [2.45, 2.75) is 19.4 Å². The van der Waals surface area contributed by atoms with Crippen molar-refractivity contribution in [3.05, 3.63) is 57.8 Å². The van der Waals surface area contributed by atoms with Crippen molar-refractivity contribution in [1.82, 2.24) is 4.90 Å². The van der Waals surface area contributed by atoms with Crippen molar-refractivity contribution in [3.63, 3.8) is 0 Å². The maximum atomic E-state index is 12.8. The predicted molar refractivity (Wildman–Crippen MR) is 107 cm³/mol. The molecule has 1 fully saturated rings. The summed E-state index contributed by atoms with van der Waals surface area (Å²) in [5.74, 6) is -0.867. The molecule has 1 aliphatic heterocycles. The molecule has 28 heavy (non-hydrogen) atoms. The summed E-state index contributed by atoms with van der Waals surface area (Å²) in [6.45, 7) is 3.21. The van der Waals surface area contributed by atoms with Crippen LogP contribution in [0.4, 0.5) is 0 Å². The van der Waals surface area contributed by atoms with Gasteiger partial charge in [0, 0.05) is 30.7 Å². The highest BCUT2D eigenvalue weighted by atomic mass is 32.1. The molecular weight excluding hydrogens is 378 g/mol. The number of ether oxygens (including phenoxy) is 2. The molecule has 2 aromatic rings. The van der Waals surface area contributed by atoms with E-state index in [1.54, 1.807) is 31.4 Å². The number of likely N-dealkylation sites (tertiary alicyclic amines) is 1. The fourth-order valence-corrected chi connectivity index (χ4v) is 4.13. The van der Waals surface area contributed by atoms with Crippen LogP contribution in [0.5, 0.6) is 5.75 Å². The van der Waals surface area contributed by atoms with Gasteiger partial charge in [0.25, 0.3) is 11.7 Å². The molecule has 1 N–H and O–H groups in total. The van der Waals surface area contributed by atoms with Crippen molar-refractivity contribution in [2.75, 3.05) is 26.9 Å². The van der Waals surface area contributed by atoms with Crippen LogP contribution >= 0.6 is 11.3 Å². The molecule has 0 spiro atoms. The number of hydrogen-bond acceptors (Lipinski definition) is 6. The third-order valence-electron chi connectivity index (χ3n) is 4.52. The summed E-state index contributed by atoms with van der Waals surface area (Å²) >= 11 is 1.45. The molecule has 0 bridgehead atoms. The van der Waals surface area contributed by atoms with Crippen LogP contribution in [0, 0.1) is 0 Å². The highest BCUT2D eigenvalue weighted by Crippen LogP contribution is 2.41. The van der Waals surface area contributed by atoms with Gasteiger partial charge in [-0.25, -0.2) is 0 Å². The minimum Gasteiger partial charge on any atom is -0.507 e. The van der Waals surface area contributed by atoms with E-state index >= 15 is 0 Å². The topological polar surface area (TPSA) is 76.1 Å². The Bertz CT molecular complexity index is 875. The Labute approximate surface area is 168 Å². The van der Waals surface area contributed by atoms with Crippen LogP contribution in [-0.2, 0) is 14.3 Å². The molecule has 0 aliphatic carbocycles. The normalized spacial score (nSPS) is 18.6. The number of nitrogens with zero attached hydrogens (tertiary/aromatic N) is 1. The number of rotatable bonds is 8. The number of benzene rings is 1. The number of aliphatic hydroxyl groups is 1. The molecule has 148 valence electrons. The Kier molecular flexibility index (Phi) is 6.49. The van der Waals surface area contributed by atoms with Crippen molar-refractivity contribution < 1.29 is 24.2 Å². The second-order valence-electron chi connectivity index (χ2n) is 6.32. The molecule has 0 saturated carbocycles. The predicted octanol–water partition coefficient (Wildman–Crippen LogP) is 3.61. The van der Waals surface area contributed by atoms with Gasteiger partial charge < -0.3 is 19.5 Å². The Morgan fingerprint density at radius 1 is 1.25 bits per heavy atom. The van der Waals surface area contributed by atoms with Crippen LogP contribution < -0.4 is 4.74 Å². The highest BCUT2D eigenvalue weighted by molar-refractivity contribution is 7.10. The number of ketones is 1. The zero-order valence-corrected chi connectivity index (χ0v) is 16.7. The molecule has 1 atom stereocenters. The molecule has 2 heterocycles. The average molecular weight is 401 g/mol. The summed E-state index contributed by atoms with van der Waals surface area (Å²) in [5, 5.41) is 12.9. The van der Waals surface area contributed by atoms with Gasteiger partial charge in [-0.05, 0) is 36.9 Å². The lowest BCUT2D eigenvalue weighted by molar-refractivity contribution is -0.140. The fourth-order valence-electron chi connectivity index (χ4n) is 3.29. The van der Waals surface area contributed by atoms with E-state index in [0.29, 0.717) is 37.5 Å². The number of thiophene rings is 1. The first-order valence-corrected chi connectivity index (χ1v) is 10.0. The molecule has 1 amide bonds. The maximum Gasteiger partial charge on any atom is 0.295 e. The molecule has 7 heteroatoms. The lowest BCUT2D eigenvalue weighted by Crippen LogP contribution is -2.31. The Morgan fingerprint density at radius 2 is 2.07 bits per heavy atom. The first kappa shape index (κ1) is 20.1. The Hall–Kier alpha value is -2.64. The molecule has 1 unspecified atom stereocenters. The van der Waals surface area contributed by atoms with E-state index in [4.69, 9.17) is 9.47 Å². The van der Waals surface area contributed by atoms with Crippen molar-refractivity contribution in [1.29, 1.82) is 0 Å². The van der Waals surface area contributed by atoms with Gasteiger partial charge >= 0.3 is 0 Å². The number of hydrogen-bond donors (Lipinski definition) is 1.